The first-order chi connectivity index (χ1) is 9.13. The largest absolute Gasteiger partial charge is 0.370 e. The third kappa shape index (κ3) is 3.38. The molecule has 1 aromatic heterocycles. The van der Waals surface area contributed by atoms with Crippen molar-refractivity contribution in [1.82, 2.24) is 9.88 Å². The molecule has 5 heteroatoms. The number of aromatic nitrogens is 1. The molecule has 4 nitrogen and oxygen atoms in total. The molecule has 1 aliphatic rings. The molecule has 1 saturated heterocycles. The summed E-state index contributed by atoms with van der Waals surface area (Å²) in [6, 6.07) is 3.42. The number of nitrogens with zero attached hydrogens (tertiary/aromatic N) is 2. The quantitative estimate of drug-likeness (QED) is 0.863. The third-order valence-corrected chi connectivity index (χ3v) is 3.74. The van der Waals surface area contributed by atoms with Gasteiger partial charge in [0.25, 0.3) is 5.91 Å². The van der Waals surface area contributed by atoms with Gasteiger partial charge in [0.2, 0.25) is 0 Å². The van der Waals surface area contributed by atoms with Crippen molar-refractivity contribution < 1.29 is 4.79 Å². The number of pyridine rings is 1. The highest BCUT2D eigenvalue weighted by Gasteiger charge is 2.26. The first-order valence-electron chi connectivity index (χ1n) is 6.84. The van der Waals surface area contributed by atoms with E-state index in [1.807, 2.05) is 11.8 Å². The van der Waals surface area contributed by atoms with Gasteiger partial charge in [-0.2, -0.15) is 0 Å². The van der Waals surface area contributed by atoms with E-state index in [1.165, 1.54) is 0 Å². The number of halogens is 1. The fourth-order valence-electron chi connectivity index (χ4n) is 2.42. The lowest BCUT2D eigenvalue weighted by molar-refractivity contribution is 0.0787. The Morgan fingerprint density at radius 3 is 2.95 bits per heavy atom. The predicted molar refractivity (Wildman–Crippen MR) is 77.7 cm³/mol. The zero-order valence-electron chi connectivity index (χ0n) is 11.4. The van der Waals surface area contributed by atoms with E-state index in [1.54, 1.807) is 12.1 Å². The zero-order chi connectivity index (χ0) is 13.8. The van der Waals surface area contributed by atoms with Crippen molar-refractivity contribution in [3.63, 3.8) is 0 Å². The van der Waals surface area contributed by atoms with Gasteiger partial charge in [-0.1, -0.05) is 24.9 Å². The number of nitrogens with one attached hydrogen (secondary N) is 1. The highest BCUT2D eigenvalue weighted by Crippen LogP contribution is 2.23. The predicted octanol–water partition coefficient (Wildman–Crippen LogP) is 3.04. The van der Waals surface area contributed by atoms with Crippen molar-refractivity contribution in [2.24, 2.45) is 5.92 Å². The molecule has 19 heavy (non-hydrogen) atoms. The summed E-state index contributed by atoms with van der Waals surface area (Å²) in [4.78, 5) is 18.5. The van der Waals surface area contributed by atoms with Crippen LogP contribution in [0.5, 0.6) is 0 Å². The van der Waals surface area contributed by atoms with E-state index < -0.39 is 0 Å². The summed E-state index contributed by atoms with van der Waals surface area (Å²) in [5.74, 6) is 1.35. The smallest absolute Gasteiger partial charge is 0.254 e. The van der Waals surface area contributed by atoms with Crippen LogP contribution in [0.3, 0.4) is 0 Å². The molecule has 0 aliphatic carbocycles. The van der Waals surface area contributed by atoms with Crippen molar-refractivity contribution in [2.75, 3.05) is 25.0 Å². The molecule has 1 N–H and O–H groups in total. The molecule has 1 atom stereocenters. The zero-order valence-corrected chi connectivity index (χ0v) is 12.2. The molecule has 2 heterocycles. The minimum absolute atomic E-state index is 0.0550. The molecule has 0 spiro atoms. The standard InChI is InChI=1S/C14H20ClN3O/c1-3-10-5-6-18(9-10)14(19)11-7-12(15)17-13(8-11)16-4-2/h7-8,10H,3-6,9H2,1-2H3,(H,16,17). The summed E-state index contributed by atoms with van der Waals surface area (Å²) in [5, 5.41) is 3.44. The molecule has 1 fully saturated rings. The molecule has 0 radical (unpaired) electrons. The lowest BCUT2D eigenvalue weighted by Gasteiger charge is -2.17. The molecule has 2 rings (SSSR count). The number of carbonyl (C=O) groups is 1. The highest BCUT2D eigenvalue weighted by atomic mass is 35.5. The molecule has 0 saturated carbocycles. The second-order valence-corrected chi connectivity index (χ2v) is 5.30. The van der Waals surface area contributed by atoms with E-state index in [4.69, 9.17) is 11.6 Å². The van der Waals surface area contributed by atoms with E-state index in [0.717, 1.165) is 32.5 Å². The third-order valence-electron chi connectivity index (χ3n) is 3.55. The van der Waals surface area contributed by atoms with Gasteiger partial charge in [0.15, 0.2) is 0 Å². The maximum absolute atomic E-state index is 12.4. The number of rotatable bonds is 4. The number of hydrogen-bond acceptors (Lipinski definition) is 3. The molecule has 1 aromatic rings. The number of anilines is 1. The van der Waals surface area contributed by atoms with E-state index in [2.05, 4.69) is 17.2 Å². The molecular formula is C14H20ClN3O. The lowest BCUT2D eigenvalue weighted by Crippen LogP contribution is -2.28. The molecule has 0 bridgehead atoms. The van der Waals surface area contributed by atoms with Gasteiger partial charge in [-0.25, -0.2) is 4.98 Å². The van der Waals surface area contributed by atoms with Crippen molar-refractivity contribution >= 4 is 23.3 Å². The minimum Gasteiger partial charge on any atom is -0.370 e. The lowest BCUT2D eigenvalue weighted by atomic mass is 10.1. The Labute approximate surface area is 119 Å². The second kappa shape index (κ2) is 6.24. The van der Waals surface area contributed by atoms with Crippen LogP contribution < -0.4 is 5.32 Å². The minimum atomic E-state index is 0.0550. The van der Waals surface area contributed by atoms with Crippen LogP contribution in [0.25, 0.3) is 0 Å². The van der Waals surface area contributed by atoms with Crippen LogP contribution in [0.2, 0.25) is 5.15 Å². The van der Waals surface area contributed by atoms with Gasteiger partial charge in [0.1, 0.15) is 11.0 Å². The van der Waals surface area contributed by atoms with Crippen LogP contribution in [0.4, 0.5) is 5.82 Å². The maximum atomic E-state index is 12.4. The number of carbonyl (C=O) groups excluding carboxylic acids is 1. The fraction of sp³-hybridized carbons (Fsp3) is 0.571. The monoisotopic (exact) mass is 281 g/mol. The van der Waals surface area contributed by atoms with Crippen molar-refractivity contribution in [2.45, 2.75) is 26.7 Å². The average Bonchev–Trinajstić information content (AvgIpc) is 2.86. The molecule has 0 aromatic carbocycles. The normalized spacial score (nSPS) is 18.7. The number of amides is 1. The Kier molecular flexibility index (Phi) is 4.64. The van der Waals surface area contributed by atoms with Gasteiger partial charge in [0, 0.05) is 25.2 Å². The Bertz CT molecular complexity index is 464. The summed E-state index contributed by atoms with van der Waals surface area (Å²) >= 11 is 5.97. The van der Waals surface area contributed by atoms with Crippen LogP contribution in [0, 0.1) is 5.92 Å². The van der Waals surface area contributed by atoms with Crippen LogP contribution in [0.15, 0.2) is 12.1 Å². The first-order valence-corrected chi connectivity index (χ1v) is 7.22. The summed E-state index contributed by atoms with van der Waals surface area (Å²) in [7, 11) is 0. The van der Waals surface area contributed by atoms with E-state index in [-0.39, 0.29) is 5.91 Å². The molecule has 1 amide bonds. The molecular weight excluding hydrogens is 262 g/mol. The van der Waals surface area contributed by atoms with Crippen molar-refractivity contribution in [1.29, 1.82) is 0 Å². The Morgan fingerprint density at radius 1 is 1.53 bits per heavy atom. The van der Waals surface area contributed by atoms with E-state index in [9.17, 15) is 4.79 Å². The SMILES string of the molecule is CCNc1cc(C(=O)N2CCC(CC)C2)cc(Cl)n1. The maximum Gasteiger partial charge on any atom is 0.254 e. The average molecular weight is 282 g/mol. The van der Waals surface area contributed by atoms with Crippen LogP contribution in [0.1, 0.15) is 37.0 Å². The highest BCUT2D eigenvalue weighted by molar-refractivity contribution is 6.29. The fourth-order valence-corrected chi connectivity index (χ4v) is 2.63. The van der Waals surface area contributed by atoms with Gasteiger partial charge < -0.3 is 10.2 Å². The van der Waals surface area contributed by atoms with E-state index >= 15 is 0 Å². The summed E-state index contributed by atoms with van der Waals surface area (Å²) in [5.41, 5.74) is 0.618. The summed E-state index contributed by atoms with van der Waals surface area (Å²) < 4.78 is 0. The van der Waals surface area contributed by atoms with E-state index in [0.29, 0.717) is 22.5 Å². The molecule has 1 aliphatic heterocycles. The number of hydrogen-bond donors (Lipinski definition) is 1. The summed E-state index contributed by atoms with van der Waals surface area (Å²) in [6.45, 7) is 6.60. The Hall–Kier alpha value is -1.29. The van der Waals surface area contributed by atoms with Gasteiger partial charge in [-0.05, 0) is 31.4 Å². The summed E-state index contributed by atoms with van der Waals surface area (Å²) in [6.07, 6.45) is 2.23. The topological polar surface area (TPSA) is 45.2 Å². The number of likely N-dealkylation sites (tertiary alicyclic amines) is 1. The van der Waals surface area contributed by atoms with Crippen LogP contribution in [-0.4, -0.2) is 35.4 Å². The molecule has 104 valence electrons. The molecule has 1 unspecified atom stereocenters. The Balaban J connectivity index is 2.14. The van der Waals surface area contributed by atoms with Crippen LogP contribution in [-0.2, 0) is 0 Å². The second-order valence-electron chi connectivity index (χ2n) is 4.91. The first kappa shape index (κ1) is 14.1. The van der Waals surface area contributed by atoms with Gasteiger partial charge in [-0.3, -0.25) is 4.79 Å². The van der Waals surface area contributed by atoms with Crippen molar-refractivity contribution in [3.8, 4) is 0 Å². The van der Waals surface area contributed by atoms with Crippen molar-refractivity contribution in [3.05, 3.63) is 22.8 Å². The van der Waals surface area contributed by atoms with Gasteiger partial charge in [0.05, 0.1) is 0 Å². The van der Waals surface area contributed by atoms with Crippen LogP contribution >= 0.6 is 11.6 Å². The van der Waals surface area contributed by atoms with Gasteiger partial charge >= 0.3 is 0 Å². The Morgan fingerprint density at radius 2 is 2.32 bits per heavy atom. The van der Waals surface area contributed by atoms with Gasteiger partial charge in [-0.15, -0.1) is 0 Å².